The molecule has 31 heavy (non-hydrogen) atoms. The summed E-state index contributed by atoms with van der Waals surface area (Å²) in [6.07, 6.45) is 2.89. The highest BCUT2D eigenvalue weighted by atomic mass is 16.1. The minimum absolute atomic E-state index is 0.117. The topological polar surface area (TPSA) is 89.4 Å². The average molecular weight is 415 g/mol. The van der Waals surface area contributed by atoms with Crippen molar-refractivity contribution in [2.24, 2.45) is 0 Å². The number of rotatable bonds is 7. The van der Waals surface area contributed by atoms with E-state index in [1.165, 1.54) is 0 Å². The zero-order chi connectivity index (χ0) is 21.8. The quantitative estimate of drug-likeness (QED) is 0.492. The van der Waals surface area contributed by atoms with Crippen molar-refractivity contribution in [2.45, 2.75) is 46.6 Å². The van der Waals surface area contributed by atoms with E-state index in [1.54, 1.807) is 0 Å². The van der Waals surface area contributed by atoms with Crippen LogP contribution >= 0.6 is 0 Å². The first-order valence-electron chi connectivity index (χ1n) is 10.6. The Kier molecular flexibility index (Phi) is 6.02. The number of hydrogen-bond donors (Lipinski definition) is 1. The van der Waals surface area contributed by atoms with Gasteiger partial charge in [-0.3, -0.25) is 4.79 Å². The third-order valence-corrected chi connectivity index (χ3v) is 5.68. The van der Waals surface area contributed by atoms with Crippen LogP contribution in [0, 0.1) is 13.8 Å². The fourth-order valence-corrected chi connectivity index (χ4v) is 3.73. The first kappa shape index (κ1) is 20.7. The summed E-state index contributed by atoms with van der Waals surface area (Å²) in [5, 5.41) is 14.4. The van der Waals surface area contributed by atoms with Crippen molar-refractivity contribution in [2.75, 3.05) is 0 Å². The number of aromatic amines is 1. The summed E-state index contributed by atoms with van der Waals surface area (Å²) in [7, 11) is 0. The van der Waals surface area contributed by atoms with Crippen LogP contribution in [-0.4, -0.2) is 30.2 Å². The second-order valence-corrected chi connectivity index (χ2v) is 7.71. The van der Waals surface area contributed by atoms with E-state index in [4.69, 9.17) is 0 Å². The van der Waals surface area contributed by atoms with Crippen LogP contribution in [0.1, 0.15) is 42.4 Å². The second kappa shape index (κ2) is 9.04. The number of unbranched alkanes of at least 4 members (excludes halogenated alkanes) is 1. The predicted octanol–water partition coefficient (Wildman–Crippen LogP) is 4.10. The highest BCUT2D eigenvalue weighted by molar-refractivity contribution is 5.80. The van der Waals surface area contributed by atoms with E-state index in [2.05, 4.69) is 67.4 Å². The van der Waals surface area contributed by atoms with E-state index in [1.807, 2.05) is 32.0 Å². The molecule has 0 bridgehead atoms. The normalized spacial score (nSPS) is 11.1. The lowest BCUT2D eigenvalue weighted by Gasteiger charge is -2.18. The van der Waals surface area contributed by atoms with Gasteiger partial charge in [-0.1, -0.05) is 61.9 Å². The van der Waals surface area contributed by atoms with Gasteiger partial charge in [0, 0.05) is 29.8 Å². The first-order valence-corrected chi connectivity index (χ1v) is 10.6. The number of H-pyrrole nitrogens is 1. The maximum absolute atomic E-state index is 12.2. The molecule has 158 valence electrons. The highest BCUT2D eigenvalue weighted by Gasteiger charge is 2.13. The molecule has 0 atom stereocenters. The molecule has 0 saturated heterocycles. The Morgan fingerprint density at radius 3 is 2.42 bits per heavy atom. The van der Waals surface area contributed by atoms with E-state index in [9.17, 15) is 4.79 Å². The van der Waals surface area contributed by atoms with Crippen molar-refractivity contribution in [1.29, 1.82) is 0 Å². The Morgan fingerprint density at radius 1 is 1.00 bits per heavy atom. The van der Waals surface area contributed by atoms with E-state index in [0.29, 0.717) is 17.9 Å². The average Bonchev–Trinajstić information content (AvgIpc) is 3.34. The van der Waals surface area contributed by atoms with Crippen LogP contribution in [0.2, 0.25) is 0 Å². The number of nitrogens with one attached hydrogen (secondary N) is 1. The molecule has 0 radical (unpaired) electrons. The maximum atomic E-state index is 12.2. The van der Waals surface area contributed by atoms with Gasteiger partial charge in [-0.15, -0.1) is 10.2 Å². The largest absolute Gasteiger partial charge is 0.329 e. The van der Waals surface area contributed by atoms with Crippen LogP contribution in [0.3, 0.4) is 0 Å². The minimum Gasteiger partial charge on any atom is -0.329 e. The molecule has 0 aliphatic heterocycles. The molecule has 0 amide bonds. The zero-order valence-electron chi connectivity index (χ0n) is 18.1. The number of nitrogens with zero attached hydrogens (tertiary/aromatic N) is 5. The van der Waals surface area contributed by atoms with Gasteiger partial charge in [0.25, 0.3) is 5.56 Å². The molecule has 4 rings (SSSR count). The molecule has 0 saturated carbocycles. The van der Waals surface area contributed by atoms with Gasteiger partial charge in [0.2, 0.25) is 5.82 Å². The van der Waals surface area contributed by atoms with Gasteiger partial charge < -0.3 is 4.57 Å². The number of tetrazole rings is 1. The van der Waals surface area contributed by atoms with Gasteiger partial charge in [0.1, 0.15) is 5.82 Å². The van der Waals surface area contributed by atoms with Crippen molar-refractivity contribution < 1.29 is 0 Å². The van der Waals surface area contributed by atoms with E-state index in [-0.39, 0.29) is 5.56 Å². The summed E-state index contributed by atoms with van der Waals surface area (Å²) in [5.41, 5.74) is 5.81. The van der Waals surface area contributed by atoms with Gasteiger partial charge in [-0.25, -0.2) is 0 Å². The third-order valence-electron chi connectivity index (χ3n) is 5.68. The minimum atomic E-state index is -0.117. The molecular formula is C24H26N6O. The van der Waals surface area contributed by atoms with Gasteiger partial charge >= 0.3 is 0 Å². The molecule has 1 N–H and O–H groups in total. The molecule has 7 nitrogen and oxygen atoms in total. The molecule has 0 spiro atoms. The smallest absolute Gasteiger partial charge is 0.276 e. The highest BCUT2D eigenvalue weighted by Crippen LogP contribution is 2.29. The van der Waals surface area contributed by atoms with Crippen molar-refractivity contribution in [3.63, 3.8) is 0 Å². The number of benzene rings is 2. The van der Waals surface area contributed by atoms with Crippen molar-refractivity contribution in [3.8, 4) is 22.5 Å². The molecule has 4 aromatic rings. The van der Waals surface area contributed by atoms with E-state index in [0.717, 1.165) is 53.0 Å². The monoisotopic (exact) mass is 414 g/mol. The SMILES string of the molecule is CCCCc1nc(=O)c(C)c(C)n1Cc1ccc(-c2ccccc2-c2nn[nH]n2)cc1. The molecule has 0 aliphatic rings. The summed E-state index contributed by atoms with van der Waals surface area (Å²) >= 11 is 0. The standard InChI is InChI=1S/C24H26N6O/c1-4-5-10-22-25-24(31)16(2)17(3)30(22)15-18-11-13-19(14-12-18)20-8-6-7-9-21(20)23-26-28-29-27-23/h6-9,11-14H,4-5,10,15H2,1-3H3,(H,26,27,28,29). The van der Waals surface area contributed by atoms with Gasteiger partial charge in [-0.05, 0) is 42.2 Å². The summed E-state index contributed by atoms with van der Waals surface area (Å²) in [4.78, 5) is 16.6. The van der Waals surface area contributed by atoms with Crippen molar-refractivity contribution in [3.05, 3.63) is 81.5 Å². The molecule has 2 heterocycles. The summed E-state index contributed by atoms with van der Waals surface area (Å²) in [6.45, 7) is 6.69. The number of aromatic nitrogens is 6. The number of hydrogen-bond acceptors (Lipinski definition) is 5. The summed E-state index contributed by atoms with van der Waals surface area (Å²) in [5.74, 6) is 1.44. The fraction of sp³-hybridized carbons (Fsp3) is 0.292. The first-order chi connectivity index (χ1) is 15.1. The molecule has 7 heteroatoms. The lowest BCUT2D eigenvalue weighted by Crippen LogP contribution is -2.23. The van der Waals surface area contributed by atoms with Crippen LogP contribution in [0.4, 0.5) is 0 Å². The second-order valence-electron chi connectivity index (χ2n) is 7.71. The Balaban J connectivity index is 1.66. The van der Waals surface area contributed by atoms with Crippen LogP contribution in [0.15, 0.2) is 53.3 Å². The Morgan fingerprint density at radius 2 is 1.74 bits per heavy atom. The number of aryl methyl sites for hydroxylation is 1. The van der Waals surface area contributed by atoms with Crippen LogP contribution < -0.4 is 5.56 Å². The van der Waals surface area contributed by atoms with Crippen molar-refractivity contribution in [1.82, 2.24) is 30.2 Å². The van der Waals surface area contributed by atoms with Gasteiger partial charge in [0.15, 0.2) is 0 Å². The molecule has 2 aromatic heterocycles. The molecular weight excluding hydrogens is 388 g/mol. The lowest BCUT2D eigenvalue weighted by molar-refractivity contribution is 0.628. The summed E-state index contributed by atoms with van der Waals surface area (Å²) in [6, 6.07) is 16.5. The predicted molar refractivity (Wildman–Crippen MR) is 121 cm³/mol. The fourth-order valence-electron chi connectivity index (χ4n) is 3.73. The maximum Gasteiger partial charge on any atom is 0.276 e. The van der Waals surface area contributed by atoms with Gasteiger partial charge in [-0.2, -0.15) is 10.2 Å². The molecule has 0 fully saturated rings. The third kappa shape index (κ3) is 4.30. The van der Waals surface area contributed by atoms with Crippen molar-refractivity contribution >= 4 is 0 Å². The van der Waals surface area contributed by atoms with Crippen LogP contribution in [0.5, 0.6) is 0 Å². The lowest BCUT2D eigenvalue weighted by atomic mass is 9.98. The van der Waals surface area contributed by atoms with Gasteiger partial charge in [0.05, 0.1) is 0 Å². The Labute approximate surface area is 181 Å². The summed E-state index contributed by atoms with van der Waals surface area (Å²) < 4.78 is 2.18. The van der Waals surface area contributed by atoms with Crippen LogP contribution in [0.25, 0.3) is 22.5 Å². The van der Waals surface area contributed by atoms with E-state index < -0.39 is 0 Å². The van der Waals surface area contributed by atoms with E-state index >= 15 is 0 Å². The molecule has 0 aliphatic carbocycles. The zero-order valence-corrected chi connectivity index (χ0v) is 18.1. The molecule has 2 aromatic carbocycles. The van der Waals surface area contributed by atoms with Crippen LogP contribution in [-0.2, 0) is 13.0 Å². The Hall–Kier alpha value is -3.61. The Bertz CT molecular complexity index is 1230. The molecule has 0 unspecified atom stereocenters.